The average molecular weight is 336 g/mol. The first-order chi connectivity index (χ1) is 9.60. The molecule has 0 radical (unpaired) electrons. The lowest BCUT2D eigenvalue weighted by Gasteiger charge is -2.11. The minimum absolute atomic E-state index is 0.125. The van der Waals surface area contributed by atoms with Gasteiger partial charge in [0.15, 0.2) is 0 Å². The molecule has 1 aliphatic rings. The minimum atomic E-state index is -0.438. The molecule has 1 fully saturated rings. The SMILES string of the molecule is N#CC(NC(=O)CNC(=O)c1ccc(Br)cc1)C1CC1. The van der Waals surface area contributed by atoms with Gasteiger partial charge in [0.05, 0.1) is 12.6 Å². The highest BCUT2D eigenvalue weighted by atomic mass is 79.9. The van der Waals surface area contributed by atoms with Crippen LogP contribution in [0.2, 0.25) is 0 Å². The summed E-state index contributed by atoms with van der Waals surface area (Å²) < 4.78 is 0.882. The average Bonchev–Trinajstić information content (AvgIpc) is 3.27. The zero-order chi connectivity index (χ0) is 14.5. The lowest BCUT2D eigenvalue weighted by molar-refractivity contribution is -0.120. The van der Waals surface area contributed by atoms with E-state index in [1.54, 1.807) is 24.3 Å². The molecule has 104 valence electrons. The third kappa shape index (κ3) is 4.07. The number of hydrogen-bond donors (Lipinski definition) is 2. The van der Waals surface area contributed by atoms with Crippen molar-refractivity contribution in [3.63, 3.8) is 0 Å². The van der Waals surface area contributed by atoms with Gasteiger partial charge in [0.1, 0.15) is 6.04 Å². The number of benzene rings is 1. The summed E-state index contributed by atoms with van der Waals surface area (Å²) in [6.45, 7) is -0.125. The molecule has 20 heavy (non-hydrogen) atoms. The molecular formula is C14H14BrN3O2. The van der Waals surface area contributed by atoms with Gasteiger partial charge in [0.25, 0.3) is 5.91 Å². The minimum Gasteiger partial charge on any atom is -0.343 e. The smallest absolute Gasteiger partial charge is 0.251 e. The number of nitriles is 1. The van der Waals surface area contributed by atoms with Gasteiger partial charge in [-0.25, -0.2) is 0 Å². The Morgan fingerprint density at radius 3 is 2.55 bits per heavy atom. The molecule has 1 saturated carbocycles. The van der Waals surface area contributed by atoms with Crippen LogP contribution in [0.1, 0.15) is 23.2 Å². The number of hydrogen-bond acceptors (Lipinski definition) is 3. The quantitative estimate of drug-likeness (QED) is 0.857. The maximum Gasteiger partial charge on any atom is 0.251 e. The Kier molecular flexibility index (Phi) is 4.74. The van der Waals surface area contributed by atoms with Gasteiger partial charge in [0.2, 0.25) is 5.91 Å². The highest BCUT2D eigenvalue weighted by molar-refractivity contribution is 9.10. The number of nitrogens with zero attached hydrogens (tertiary/aromatic N) is 1. The second-order valence-corrected chi connectivity index (χ2v) is 5.62. The van der Waals surface area contributed by atoms with Crippen molar-refractivity contribution >= 4 is 27.7 Å². The van der Waals surface area contributed by atoms with Gasteiger partial charge in [0, 0.05) is 10.0 Å². The van der Waals surface area contributed by atoms with E-state index in [1.165, 1.54) is 0 Å². The van der Waals surface area contributed by atoms with Crippen molar-refractivity contribution in [2.24, 2.45) is 5.92 Å². The van der Waals surface area contributed by atoms with E-state index in [9.17, 15) is 9.59 Å². The van der Waals surface area contributed by atoms with E-state index < -0.39 is 6.04 Å². The Labute approximate surface area is 125 Å². The van der Waals surface area contributed by atoms with E-state index in [0.717, 1.165) is 17.3 Å². The van der Waals surface area contributed by atoms with Gasteiger partial charge in [-0.1, -0.05) is 15.9 Å². The van der Waals surface area contributed by atoms with Gasteiger partial charge >= 0.3 is 0 Å². The molecule has 2 rings (SSSR count). The van der Waals surface area contributed by atoms with Crippen molar-refractivity contribution in [1.82, 2.24) is 10.6 Å². The molecule has 0 aromatic heterocycles. The van der Waals surface area contributed by atoms with Crippen LogP contribution in [0.15, 0.2) is 28.7 Å². The number of carbonyl (C=O) groups excluding carboxylic acids is 2. The molecule has 0 heterocycles. The van der Waals surface area contributed by atoms with Crippen molar-refractivity contribution in [1.29, 1.82) is 5.26 Å². The second-order valence-electron chi connectivity index (χ2n) is 4.70. The highest BCUT2D eigenvalue weighted by Gasteiger charge is 2.32. The summed E-state index contributed by atoms with van der Waals surface area (Å²) in [5, 5.41) is 14.1. The zero-order valence-corrected chi connectivity index (χ0v) is 12.3. The van der Waals surface area contributed by atoms with Gasteiger partial charge in [-0.05, 0) is 43.0 Å². The van der Waals surface area contributed by atoms with Gasteiger partial charge in [-0.2, -0.15) is 5.26 Å². The first-order valence-electron chi connectivity index (χ1n) is 6.33. The van der Waals surface area contributed by atoms with Crippen LogP contribution >= 0.6 is 15.9 Å². The summed E-state index contributed by atoms with van der Waals surface area (Å²) in [6.07, 6.45) is 1.95. The molecule has 1 atom stereocenters. The Hall–Kier alpha value is -1.87. The van der Waals surface area contributed by atoms with Crippen LogP contribution in [0, 0.1) is 17.2 Å². The number of carbonyl (C=O) groups is 2. The van der Waals surface area contributed by atoms with Gasteiger partial charge in [-0.15, -0.1) is 0 Å². The van der Waals surface area contributed by atoms with Crippen LogP contribution in [0.25, 0.3) is 0 Å². The monoisotopic (exact) mass is 335 g/mol. The standard InChI is InChI=1S/C14H14BrN3O2/c15-11-5-3-10(4-6-11)14(20)17-8-13(19)18-12(7-16)9-1-2-9/h3-6,9,12H,1-2,8H2,(H,17,20)(H,18,19). The van der Waals surface area contributed by atoms with E-state index in [0.29, 0.717) is 5.56 Å². The molecule has 2 N–H and O–H groups in total. The lowest BCUT2D eigenvalue weighted by Crippen LogP contribution is -2.42. The number of halogens is 1. The number of nitrogens with one attached hydrogen (secondary N) is 2. The van der Waals surface area contributed by atoms with Crippen molar-refractivity contribution in [3.8, 4) is 6.07 Å². The van der Waals surface area contributed by atoms with Crippen molar-refractivity contribution in [2.75, 3.05) is 6.54 Å². The van der Waals surface area contributed by atoms with Crippen molar-refractivity contribution < 1.29 is 9.59 Å². The van der Waals surface area contributed by atoms with Crippen LogP contribution in [0.4, 0.5) is 0 Å². The Bertz CT molecular complexity index is 547. The van der Waals surface area contributed by atoms with E-state index in [1.807, 2.05) is 0 Å². The van der Waals surface area contributed by atoms with Crippen LogP contribution < -0.4 is 10.6 Å². The number of amides is 2. The normalized spacial score (nSPS) is 15.0. The molecule has 0 aliphatic heterocycles. The molecule has 0 spiro atoms. The van der Waals surface area contributed by atoms with Crippen LogP contribution in [-0.4, -0.2) is 24.4 Å². The van der Waals surface area contributed by atoms with Crippen LogP contribution in [0.3, 0.4) is 0 Å². The molecule has 6 heteroatoms. The third-order valence-electron chi connectivity index (χ3n) is 3.06. The summed E-state index contributed by atoms with van der Waals surface area (Å²) in [6, 6.07) is 8.48. The Morgan fingerprint density at radius 1 is 1.35 bits per heavy atom. The van der Waals surface area contributed by atoms with Crippen LogP contribution in [0.5, 0.6) is 0 Å². The molecular weight excluding hydrogens is 322 g/mol. The maximum atomic E-state index is 11.8. The van der Waals surface area contributed by atoms with E-state index >= 15 is 0 Å². The fourth-order valence-corrected chi connectivity index (χ4v) is 2.04. The Morgan fingerprint density at radius 2 is 2.00 bits per heavy atom. The third-order valence-corrected chi connectivity index (χ3v) is 3.59. The van der Waals surface area contributed by atoms with E-state index in [4.69, 9.17) is 5.26 Å². The van der Waals surface area contributed by atoms with Crippen LogP contribution in [-0.2, 0) is 4.79 Å². The fraction of sp³-hybridized carbons (Fsp3) is 0.357. The molecule has 0 saturated heterocycles. The summed E-state index contributed by atoms with van der Waals surface area (Å²) in [4.78, 5) is 23.4. The largest absolute Gasteiger partial charge is 0.343 e. The molecule has 5 nitrogen and oxygen atoms in total. The molecule has 1 aliphatic carbocycles. The Balaban J connectivity index is 1.79. The first-order valence-corrected chi connectivity index (χ1v) is 7.12. The summed E-state index contributed by atoms with van der Waals surface area (Å²) in [5.41, 5.74) is 0.486. The fourth-order valence-electron chi connectivity index (χ4n) is 1.77. The molecule has 1 aromatic carbocycles. The zero-order valence-electron chi connectivity index (χ0n) is 10.7. The summed E-state index contributed by atoms with van der Waals surface area (Å²) >= 11 is 3.28. The molecule has 0 bridgehead atoms. The molecule has 2 amide bonds. The van der Waals surface area contributed by atoms with E-state index in [-0.39, 0.29) is 24.3 Å². The molecule has 1 unspecified atom stereocenters. The summed E-state index contributed by atoms with van der Waals surface area (Å²) in [7, 11) is 0. The van der Waals surface area contributed by atoms with Gasteiger partial charge < -0.3 is 10.6 Å². The van der Waals surface area contributed by atoms with E-state index in [2.05, 4.69) is 32.6 Å². The van der Waals surface area contributed by atoms with Gasteiger partial charge in [-0.3, -0.25) is 9.59 Å². The highest BCUT2D eigenvalue weighted by Crippen LogP contribution is 2.32. The topological polar surface area (TPSA) is 82.0 Å². The van der Waals surface area contributed by atoms with Crippen molar-refractivity contribution in [2.45, 2.75) is 18.9 Å². The summed E-state index contributed by atoms with van der Waals surface area (Å²) in [5.74, 6) is -0.382. The first kappa shape index (κ1) is 14.5. The van der Waals surface area contributed by atoms with Crippen molar-refractivity contribution in [3.05, 3.63) is 34.3 Å². The predicted octanol–water partition coefficient (Wildman–Crippen LogP) is 1.60. The number of rotatable bonds is 5. The second kappa shape index (κ2) is 6.53. The lowest BCUT2D eigenvalue weighted by atomic mass is 10.2. The maximum absolute atomic E-state index is 11.8. The molecule has 1 aromatic rings. The predicted molar refractivity (Wildman–Crippen MR) is 76.7 cm³/mol.